The minimum Gasteiger partial charge on any atom is -0.265 e. The molecule has 0 N–H and O–H groups in total. The van der Waals surface area contributed by atoms with E-state index in [9.17, 15) is 22.9 Å². The van der Waals surface area contributed by atoms with Gasteiger partial charge in [0, 0.05) is 17.7 Å². The summed E-state index contributed by atoms with van der Waals surface area (Å²) in [6.45, 7) is -0.563. The van der Waals surface area contributed by atoms with Crippen molar-refractivity contribution < 1.29 is 21.9 Å². The van der Waals surface area contributed by atoms with E-state index < -0.39 is 27.5 Å². The molecule has 0 heterocycles. The van der Waals surface area contributed by atoms with Crippen molar-refractivity contribution in [2.75, 3.05) is 6.26 Å². The van der Waals surface area contributed by atoms with E-state index in [1.165, 1.54) is 0 Å². The minimum atomic E-state index is -3.71. The molecule has 1 aromatic rings. The van der Waals surface area contributed by atoms with Crippen LogP contribution in [0.1, 0.15) is 5.56 Å². The summed E-state index contributed by atoms with van der Waals surface area (Å²) in [4.78, 5) is 9.68. The van der Waals surface area contributed by atoms with E-state index in [1.54, 1.807) is 0 Å². The van der Waals surface area contributed by atoms with Gasteiger partial charge in [0.2, 0.25) is 0 Å². The van der Waals surface area contributed by atoms with E-state index >= 15 is 0 Å². The minimum absolute atomic E-state index is 0.181. The first kappa shape index (κ1) is 12.5. The lowest BCUT2D eigenvalue weighted by Gasteiger charge is -2.02. The molecular formula is C8H8FNO5S. The van der Waals surface area contributed by atoms with Crippen molar-refractivity contribution >= 4 is 15.8 Å². The number of halogens is 1. The van der Waals surface area contributed by atoms with Crippen molar-refractivity contribution in [2.45, 2.75) is 6.61 Å². The van der Waals surface area contributed by atoms with Gasteiger partial charge in [-0.05, 0) is 6.07 Å². The van der Waals surface area contributed by atoms with Gasteiger partial charge in [-0.15, -0.1) is 0 Å². The van der Waals surface area contributed by atoms with Gasteiger partial charge in [-0.3, -0.25) is 14.3 Å². The molecule has 0 unspecified atom stereocenters. The number of nitrogens with zero attached hydrogens (tertiary/aromatic N) is 1. The number of non-ortho nitro benzene ring substituents is 1. The Hall–Kier alpha value is -1.54. The number of rotatable bonds is 4. The van der Waals surface area contributed by atoms with Crippen molar-refractivity contribution in [3.63, 3.8) is 0 Å². The molecule has 1 aromatic carbocycles. The van der Waals surface area contributed by atoms with Crippen LogP contribution in [0, 0.1) is 15.9 Å². The lowest BCUT2D eigenvalue weighted by molar-refractivity contribution is -0.385. The van der Waals surface area contributed by atoms with E-state index in [4.69, 9.17) is 0 Å². The zero-order chi connectivity index (χ0) is 12.3. The van der Waals surface area contributed by atoms with Crippen LogP contribution in [0.2, 0.25) is 0 Å². The molecule has 0 aliphatic carbocycles. The average Bonchev–Trinajstić information content (AvgIpc) is 2.14. The fraction of sp³-hybridized carbons (Fsp3) is 0.250. The van der Waals surface area contributed by atoms with Gasteiger partial charge in [0.05, 0.1) is 17.8 Å². The number of nitro benzene ring substituents is 1. The number of hydrogen-bond acceptors (Lipinski definition) is 5. The molecule has 0 spiro atoms. The van der Waals surface area contributed by atoms with Gasteiger partial charge in [0.15, 0.2) is 0 Å². The van der Waals surface area contributed by atoms with Gasteiger partial charge in [-0.1, -0.05) is 0 Å². The Kier molecular flexibility index (Phi) is 3.55. The Bertz CT molecular complexity index is 513. The first-order chi connectivity index (χ1) is 7.29. The highest BCUT2D eigenvalue weighted by molar-refractivity contribution is 7.85. The lowest BCUT2D eigenvalue weighted by Crippen LogP contribution is -2.04. The van der Waals surface area contributed by atoms with Gasteiger partial charge < -0.3 is 0 Å². The van der Waals surface area contributed by atoms with Crippen molar-refractivity contribution in [2.24, 2.45) is 0 Å². The van der Waals surface area contributed by atoms with E-state index in [0.717, 1.165) is 24.5 Å². The molecule has 0 amide bonds. The lowest BCUT2D eigenvalue weighted by atomic mass is 10.2. The number of benzene rings is 1. The molecule has 0 radical (unpaired) electrons. The third kappa shape index (κ3) is 3.55. The van der Waals surface area contributed by atoms with E-state index in [2.05, 4.69) is 4.18 Å². The highest BCUT2D eigenvalue weighted by Gasteiger charge is 2.12. The Labute approximate surface area is 90.9 Å². The molecule has 8 heteroatoms. The highest BCUT2D eigenvalue weighted by Crippen LogP contribution is 2.17. The molecule has 0 aromatic heterocycles. The van der Waals surface area contributed by atoms with Crippen LogP contribution in [0.4, 0.5) is 10.1 Å². The van der Waals surface area contributed by atoms with Crippen LogP contribution in [0.25, 0.3) is 0 Å². The SMILES string of the molecule is CS(=O)(=O)OCc1cc([N+](=O)[O-])ccc1F. The topological polar surface area (TPSA) is 86.5 Å². The first-order valence-electron chi connectivity index (χ1n) is 4.07. The van der Waals surface area contributed by atoms with Crippen LogP contribution in [0.15, 0.2) is 18.2 Å². The molecule has 0 bridgehead atoms. The summed E-state index contributed by atoms with van der Waals surface area (Å²) in [5.74, 6) is -0.755. The summed E-state index contributed by atoms with van der Waals surface area (Å²) in [6.07, 6.45) is 0.808. The third-order valence-corrected chi connectivity index (χ3v) is 2.21. The fourth-order valence-corrected chi connectivity index (χ4v) is 1.30. The zero-order valence-corrected chi connectivity index (χ0v) is 9.03. The quantitative estimate of drug-likeness (QED) is 0.454. The Morgan fingerprint density at radius 1 is 1.50 bits per heavy atom. The van der Waals surface area contributed by atoms with Gasteiger partial charge in [0.1, 0.15) is 5.82 Å². The normalized spacial score (nSPS) is 11.4. The number of hydrogen-bond donors (Lipinski definition) is 0. The molecule has 0 fully saturated rings. The summed E-state index contributed by atoms with van der Waals surface area (Å²) in [5.41, 5.74) is -0.506. The van der Waals surface area contributed by atoms with Crippen molar-refractivity contribution in [3.05, 3.63) is 39.7 Å². The molecule has 0 saturated carbocycles. The second-order valence-electron chi connectivity index (χ2n) is 3.00. The van der Waals surface area contributed by atoms with E-state index in [0.29, 0.717) is 0 Å². The summed E-state index contributed by atoms with van der Waals surface area (Å²) in [7, 11) is -3.71. The largest absolute Gasteiger partial charge is 0.269 e. The van der Waals surface area contributed by atoms with Crippen LogP contribution in [0.5, 0.6) is 0 Å². The molecule has 16 heavy (non-hydrogen) atoms. The molecule has 88 valence electrons. The van der Waals surface area contributed by atoms with Crippen LogP contribution >= 0.6 is 0 Å². The van der Waals surface area contributed by atoms with Crippen LogP contribution in [-0.2, 0) is 20.9 Å². The second-order valence-corrected chi connectivity index (χ2v) is 4.64. The van der Waals surface area contributed by atoms with Crippen molar-refractivity contribution in [1.29, 1.82) is 0 Å². The molecule has 0 aliphatic rings. The smallest absolute Gasteiger partial charge is 0.265 e. The second kappa shape index (κ2) is 4.54. The van der Waals surface area contributed by atoms with Crippen LogP contribution < -0.4 is 0 Å². The monoisotopic (exact) mass is 249 g/mol. The number of nitro groups is 1. The zero-order valence-electron chi connectivity index (χ0n) is 8.21. The van der Waals surface area contributed by atoms with E-state index in [1.807, 2.05) is 0 Å². The van der Waals surface area contributed by atoms with Gasteiger partial charge in [-0.2, -0.15) is 8.42 Å². The summed E-state index contributed by atoms with van der Waals surface area (Å²) >= 11 is 0. The first-order valence-corrected chi connectivity index (χ1v) is 5.88. The maximum absolute atomic E-state index is 13.1. The average molecular weight is 249 g/mol. The third-order valence-electron chi connectivity index (χ3n) is 1.67. The maximum atomic E-state index is 13.1. The fourth-order valence-electron chi connectivity index (χ4n) is 0.956. The van der Waals surface area contributed by atoms with Crippen LogP contribution in [0.3, 0.4) is 0 Å². The van der Waals surface area contributed by atoms with Crippen LogP contribution in [-0.4, -0.2) is 19.6 Å². The van der Waals surface area contributed by atoms with Gasteiger partial charge in [0.25, 0.3) is 15.8 Å². The molecule has 0 atom stereocenters. The standard InChI is InChI=1S/C8H8FNO5S/c1-16(13,14)15-5-6-4-7(10(11)12)2-3-8(6)9/h2-4H,5H2,1H3. The highest BCUT2D eigenvalue weighted by atomic mass is 32.2. The predicted molar refractivity (Wildman–Crippen MR) is 52.7 cm³/mol. The van der Waals surface area contributed by atoms with Crippen molar-refractivity contribution in [3.8, 4) is 0 Å². The molecule has 6 nitrogen and oxygen atoms in total. The predicted octanol–water partition coefficient (Wildman–Crippen LogP) is 1.21. The van der Waals surface area contributed by atoms with Crippen molar-refractivity contribution in [1.82, 2.24) is 0 Å². The Balaban J connectivity index is 2.95. The maximum Gasteiger partial charge on any atom is 0.269 e. The summed E-state index contributed by atoms with van der Waals surface area (Å²) < 4.78 is 38.8. The Morgan fingerprint density at radius 3 is 2.62 bits per heavy atom. The van der Waals surface area contributed by atoms with E-state index in [-0.39, 0.29) is 11.3 Å². The Morgan fingerprint density at radius 2 is 2.12 bits per heavy atom. The molecular weight excluding hydrogens is 241 g/mol. The molecule has 0 saturated heterocycles. The molecule has 1 rings (SSSR count). The van der Waals surface area contributed by atoms with Gasteiger partial charge >= 0.3 is 0 Å². The summed E-state index contributed by atoms with van der Waals surface area (Å²) in [5, 5.41) is 10.4. The summed E-state index contributed by atoms with van der Waals surface area (Å²) in [6, 6.07) is 2.80. The molecule has 0 aliphatic heterocycles. The van der Waals surface area contributed by atoms with Gasteiger partial charge in [-0.25, -0.2) is 4.39 Å².